The summed E-state index contributed by atoms with van der Waals surface area (Å²) in [7, 11) is 0. The van der Waals surface area contributed by atoms with Gasteiger partial charge in [-0.05, 0) is 53.5 Å². The van der Waals surface area contributed by atoms with Crippen LogP contribution in [0.15, 0.2) is 0 Å². The molecule has 0 radical (unpaired) electrons. The summed E-state index contributed by atoms with van der Waals surface area (Å²) in [4.78, 5) is 0. The molecular weight excluding hydrogens is 246 g/mol. The molecule has 1 heterocycles. The van der Waals surface area contributed by atoms with Crippen LogP contribution in [-0.4, -0.2) is 23.8 Å². The summed E-state index contributed by atoms with van der Waals surface area (Å²) in [6.07, 6.45) is 9.10. The van der Waals surface area contributed by atoms with Crippen LogP contribution in [0.3, 0.4) is 0 Å². The fraction of sp³-hybridized carbons (Fsp3) is 1.00. The average Bonchev–Trinajstić information content (AvgIpc) is 2.56. The van der Waals surface area contributed by atoms with Crippen molar-refractivity contribution in [3.05, 3.63) is 0 Å². The Kier molecular flexibility index (Phi) is 7.00. The van der Waals surface area contributed by atoms with Gasteiger partial charge >= 0.3 is 0 Å². The topological polar surface area (TPSA) is 21.3 Å². The van der Waals surface area contributed by atoms with Gasteiger partial charge in [0, 0.05) is 12.0 Å². The van der Waals surface area contributed by atoms with Gasteiger partial charge in [0.15, 0.2) is 0 Å². The Balaban J connectivity index is 2.61. The van der Waals surface area contributed by atoms with E-state index in [0.29, 0.717) is 12.0 Å². The quantitative estimate of drug-likeness (QED) is 0.606. The molecule has 1 N–H and O–H groups in total. The minimum Gasteiger partial charge on any atom is -0.369 e. The van der Waals surface area contributed by atoms with E-state index in [9.17, 15) is 0 Å². The lowest BCUT2D eigenvalue weighted by molar-refractivity contribution is -0.0779. The Morgan fingerprint density at radius 1 is 1.05 bits per heavy atom. The summed E-state index contributed by atoms with van der Waals surface area (Å²) in [6, 6.07) is 0.614. The molecule has 1 saturated heterocycles. The van der Waals surface area contributed by atoms with Crippen molar-refractivity contribution in [2.45, 2.75) is 104 Å². The lowest BCUT2D eigenvalue weighted by atomic mass is 9.79. The van der Waals surface area contributed by atoms with Crippen molar-refractivity contribution in [1.29, 1.82) is 0 Å². The highest BCUT2D eigenvalue weighted by atomic mass is 16.5. The van der Waals surface area contributed by atoms with Crippen LogP contribution < -0.4 is 5.32 Å². The van der Waals surface area contributed by atoms with Gasteiger partial charge in [-0.2, -0.15) is 0 Å². The zero-order valence-electron chi connectivity index (χ0n) is 14.7. The van der Waals surface area contributed by atoms with E-state index in [-0.39, 0.29) is 11.2 Å². The van der Waals surface area contributed by atoms with Crippen LogP contribution in [0.2, 0.25) is 0 Å². The van der Waals surface area contributed by atoms with Crippen molar-refractivity contribution in [2.75, 3.05) is 6.54 Å². The summed E-state index contributed by atoms with van der Waals surface area (Å²) in [6.45, 7) is 14.7. The van der Waals surface area contributed by atoms with Crippen molar-refractivity contribution in [1.82, 2.24) is 5.32 Å². The summed E-state index contributed by atoms with van der Waals surface area (Å²) in [5, 5.41) is 3.80. The third-order valence-corrected chi connectivity index (χ3v) is 4.65. The van der Waals surface area contributed by atoms with Gasteiger partial charge in [-0.3, -0.25) is 0 Å². The Morgan fingerprint density at radius 2 is 1.75 bits per heavy atom. The first-order valence-electron chi connectivity index (χ1n) is 8.76. The Hall–Kier alpha value is -0.0800. The summed E-state index contributed by atoms with van der Waals surface area (Å²) in [5.41, 5.74) is 0.0311. The second-order valence-corrected chi connectivity index (χ2v) is 7.69. The van der Waals surface area contributed by atoms with Crippen molar-refractivity contribution in [3.63, 3.8) is 0 Å². The van der Waals surface area contributed by atoms with E-state index >= 15 is 0 Å². The summed E-state index contributed by atoms with van der Waals surface area (Å²) in [5.74, 6) is 0.630. The van der Waals surface area contributed by atoms with Gasteiger partial charge < -0.3 is 10.1 Å². The predicted octanol–water partition coefficient (Wildman–Crippen LogP) is 4.92. The van der Waals surface area contributed by atoms with Crippen LogP contribution in [0.1, 0.15) is 86.5 Å². The lowest BCUT2D eigenvalue weighted by Gasteiger charge is -2.34. The molecule has 0 aromatic rings. The second-order valence-electron chi connectivity index (χ2n) is 7.69. The monoisotopic (exact) mass is 283 g/mol. The van der Waals surface area contributed by atoms with Crippen molar-refractivity contribution in [3.8, 4) is 0 Å². The maximum atomic E-state index is 6.30. The third kappa shape index (κ3) is 5.37. The number of ether oxygens (including phenoxy) is 1. The molecule has 2 nitrogen and oxygen atoms in total. The summed E-state index contributed by atoms with van der Waals surface area (Å²) < 4.78 is 6.30. The number of nitrogens with one attached hydrogen (secondary N) is 1. The first-order valence-corrected chi connectivity index (χ1v) is 8.76. The molecule has 0 amide bonds. The van der Waals surface area contributed by atoms with Crippen molar-refractivity contribution < 1.29 is 4.74 Å². The molecule has 1 aliphatic heterocycles. The standard InChI is InChI=1S/C18H37NO/c1-7-9-10-11-12-16(19-13-8-2)15-14-17(3,4)20-18(15,5)6/h15-16,19H,7-14H2,1-6H3. The number of hydrogen-bond donors (Lipinski definition) is 1. The molecule has 1 fully saturated rings. The highest BCUT2D eigenvalue weighted by Crippen LogP contribution is 2.44. The van der Waals surface area contributed by atoms with E-state index in [1.54, 1.807) is 0 Å². The normalized spacial score (nSPS) is 25.8. The van der Waals surface area contributed by atoms with E-state index in [1.807, 2.05) is 0 Å². The first kappa shape index (κ1) is 18.0. The number of rotatable bonds is 9. The molecule has 120 valence electrons. The highest BCUT2D eigenvalue weighted by molar-refractivity contribution is 4.99. The fourth-order valence-corrected chi connectivity index (χ4v) is 3.80. The number of unbranched alkanes of at least 4 members (excludes halogenated alkanes) is 3. The van der Waals surface area contributed by atoms with Crippen LogP contribution in [0, 0.1) is 5.92 Å². The summed E-state index contributed by atoms with van der Waals surface area (Å²) >= 11 is 0. The first-order chi connectivity index (χ1) is 9.32. The van der Waals surface area contributed by atoms with Gasteiger partial charge in [-0.1, -0.05) is 39.5 Å². The highest BCUT2D eigenvalue weighted by Gasteiger charge is 2.48. The Labute approximate surface area is 127 Å². The minimum atomic E-state index is -0.000333. The molecule has 0 saturated carbocycles. The molecule has 1 aliphatic rings. The zero-order chi connectivity index (χ0) is 15.2. The minimum absolute atomic E-state index is 0.000333. The third-order valence-electron chi connectivity index (χ3n) is 4.65. The smallest absolute Gasteiger partial charge is 0.0677 e. The van der Waals surface area contributed by atoms with E-state index in [0.717, 1.165) is 6.54 Å². The predicted molar refractivity (Wildman–Crippen MR) is 88.2 cm³/mol. The van der Waals surface area contributed by atoms with Gasteiger partial charge in [0.2, 0.25) is 0 Å². The largest absolute Gasteiger partial charge is 0.369 e. The maximum Gasteiger partial charge on any atom is 0.0677 e. The molecule has 2 heteroatoms. The molecule has 2 unspecified atom stereocenters. The fourth-order valence-electron chi connectivity index (χ4n) is 3.80. The van der Waals surface area contributed by atoms with Gasteiger partial charge in [0.1, 0.15) is 0 Å². The molecule has 0 aromatic carbocycles. The van der Waals surface area contributed by atoms with Crippen LogP contribution >= 0.6 is 0 Å². The number of hydrogen-bond acceptors (Lipinski definition) is 2. The zero-order valence-corrected chi connectivity index (χ0v) is 14.7. The Morgan fingerprint density at radius 3 is 2.25 bits per heavy atom. The molecule has 2 atom stereocenters. The van der Waals surface area contributed by atoms with E-state index < -0.39 is 0 Å². The SMILES string of the molecule is CCCCCCC(NCCC)C1CC(C)(C)OC1(C)C. The van der Waals surface area contributed by atoms with Crippen molar-refractivity contribution in [2.24, 2.45) is 5.92 Å². The maximum absolute atomic E-state index is 6.30. The second kappa shape index (κ2) is 7.79. The van der Waals surface area contributed by atoms with Gasteiger partial charge in [0.05, 0.1) is 11.2 Å². The van der Waals surface area contributed by atoms with Crippen LogP contribution in [0.25, 0.3) is 0 Å². The average molecular weight is 284 g/mol. The lowest BCUT2D eigenvalue weighted by Crippen LogP contribution is -2.44. The van der Waals surface area contributed by atoms with Crippen LogP contribution in [0.5, 0.6) is 0 Å². The molecule has 20 heavy (non-hydrogen) atoms. The Bertz CT molecular complexity index is 273. The molecule has 0 aliphatic carbocycles. The van der Waals surface area contributed by atoms with Gasteiger partial charge in [0.25, 0.3) is 0 Å². The molecule has 0 aromatic heterocycles. The van der Waals surface area contributed by atoms with E-state index in [4.69, 9.17) is 4.74 Å². The van der Waals surface area contributed by atoms with Gasteiger partial charge in [-0.15, -0.1) is 0 Å². The molecule has 0 spiro atoms. The van der Waals surface area contributed by atoms with Gasteiger partial charge in [-0.25, -0.2) is 0 Å². The molecular formula is C18H37NO. The molecule has 0 bridgehead atoms. The van der Waals surface area contributed by atoms with Crippen molar-refractivity contribution >= 4 is 0 Å². The molecule has 1 rings (SSSR count). The van der Waals surface area contributed by atoms with Crippen LogP contribution in [0.4, 0.5) is 0 Å². The van der Waals surface area contributed by atoms with E-state index in [1.165, 1.54) is 44.9 Å². The van der Waals surface area contributed by atoms with Crippen LogP contribution in [-0.2, 0) is 4.74 Å². The van der Waals surface area contributed by atoms with E-state index in [2.05, 4.69) is 46.9 Å².